The fourth-order valence-corrected chi connectivity index (χ4v) is 4.55. The number of aromatic nitrogens is 1. The van der Waals surface area contributed by atoms with Gasteiger partial charge in [-0.1, -0.05) is 18.2 Å². The zero-order valence-electron chi connectivity index (χ0n) is 19.8. The second kappa shape index (κ2) is 10.5. The molecule has 0 saturated heterocycles. The summed E-state index contributed by atoms with van der Waals surface area (Å²) in [5, 5.41) is 6.89. The molecule has 0 atom stereocenters. The number of hydrogen-bond donors (Lipinski definition) is 2. The summed E-state index contributed by atoms with van der Waals surface area (Å²) in [4.78, 5) is 50.2. The van der Waals surface area contributed by atoms with E-state index in [1.807, 2.05) is 12.1 Å². The van der Waals surface area contributed by atoms with Crippen molar-refractivity contribution in [2.45, 2.75) is 0 Å². The summed E-state index contributed by atoms with van der Waals surface area (Å²) in [5.74, 6) is -3.07. The van der Waals surface area contributed by atoms with Crippen LogP contribution in [0.3, 0.4) is 0 Å². The molecule has 37 heavy (non-hydrogen) atoms. The quantitative estimate of drug-likeness (QED) is 0.348. The molecule has 0 radical (unpaired) electrons. The van der Waals surface area contributed by atoms with Gasteiger partial charge in [-0.25, -0.2) is 18.8 Å². The van der Waals surface area contributed by atoms with Crippen LogP contribution in [0.1, 0.15) is 30.4 Å². The average molecular weight is 526 g/mol. The molecule has 0 fully saturated rings. The van der Waals surface area contributed by atoms with Crippen LogP contribution in [-0.4, -0.2) is 49.8 Å². The van der Waals surface area contributed by atoms with Gasteiger partial charge in [0.1, 0.15) is 16.2 Å². The van der Waals surface area contributed by atoms with Crippen LogP contribution in [0.5, 0.6) is 5.75 Å². The van der Waals surface area contributed by atoms with Gasteiger partial charge in [0.15, 0.2) is 5.82 Å². The van der Waals surface area contributed by atoms with Crippen LogP contribution < -0.4 is 15.4 Å². The number of ether oxygens (including phenoxy) is 3. The SMILES string of the molecule is COC(=O)c1scc(NC(=O)Nc2cc(C(=O)n3ccc4ccccc43)c(OC)cc2F)c1C(=O)OC. The predicted molar refractivity (Wildman–Crippen MR) is 134 cm³/mol. The zero-order chi connectivity index (χ0) is 26.7. The first kappa shape index (κ1) is 25.4. The summed E-state index contributed by atoms with van der Waals surface area (Å²) < 4.78 is 30.8. The Morgan fingerprint density at radius 1 is 0.919 bits per heavy atom. The van der Waals surface area contributed by atoms with E-state index in [1.54, 1.807) is 24.4 Å². The van der Waals surface area contributed by atoms with E-state index in [2.05, 4.69) is 15.4 Å². The Hall–Kier alpha value is -4.71. The fourth-order valence-electron chi connectivity index (χ4n) is 3.65. The number of benzene rings is 2. The van der Waals surface area contributed by atoms with Gasteiger partial charge in [0.2, 0.25) is 0 Å². The number of fused-ring (bicyclic) bond motifs is 1. The maximum absolute atomic E-state index is 14.8. The third kappa shape index (κ3) is 4.86. The molecular formula is C25H20FN3O7S. The Balaban J connectivity index is 1.64. The molecule has 4 rings (SSSR count). The lowest BCUT2D eigenvalue weighted by Crippen LogP contribution is -2.22. The molecule has 0 aliphatic rings. The lowest BCUT2D eigenvalue weighted by atomic mass is 10.1. The molecule has 2 heterocycles. The number of methoxy groups -OCH3 is 3. The highest BCUT2D eigenvalue weighted by atomic mass is 32.1. The van der Waals surface area contributed by atoms with Gasteiger partial charge in [-0.3, -0.25) is 9.36 Å². The van der Waals surface area contributed by atoms with Crippen LogP contribution in [0, 0.1) is 5.82 Å². The molecule has 190 valence electrons. The number of amides is 2. The molecule has 0 saturated carbocycles. The van der Waals surface area contributed by atoms with E-state index in [9.17, 15) is 23.6 Å². The standard InChI is InChI=1S/C25H20FN3O7S/c1-34-19-11-15(26)16(10-14(19)22(30)29-9-8-13-6-4-5-7-18(13)29)27-25(33)28-17-12-37-21(24(32)36-3)20(17)23(31)35-2/h4-12H,1-3H3,(H2,27,28,33). The summed E-state index contributed by atoms with van der Waals surface area (Å²) in [6.07, 6.45) is 1.58. The number of para-hydroxylation sites is 1. The van der Waals surface area contributed by atoms with Crippen LogP contribution in [0.2, 0.25) is 0 Å². The van der Waals surface area contributed by atoms with E-state index >= 15 is 0 Å². The molecule has 10 nitrogen and oxygen atoms in total. The second-order valence-corrected chi connectivity index (χ2v) is 8.38. The Kier molecular flexibility index (Phi) is 7.20. The van der Waals surface area contributed by atoms with E-state index in [-0.39, 0.29) is 33.1 Å². The van der Waals surface area contributed by atoms with Crippen molar-refractivity contribution in [1.82, 2.24) is 4.57 Å². The number of anilines is 2. The molecule has 0 spiro atoms. The molecule has 0 unspecified atom stereocenters. The Morgan fingerprint density at radius 3 is 2.32 bits per heavy atom. The van der Waals surface area contributed by atoms with Gasteiger partial charge in [-0.2, -0.15) is 0 Å². The van der Waals surface area contributed by atoms with Crippen LogP contribution in [0.15, 0.2) is 54.0 Å². The second-order valence-electron chi connectivity index (χ2n) is 7.50. The van der Waals surface area contributed by atoms with Gasteiger partial charge in [-0.15, -0.1) is 11.3 Å². The molecule has 2 N–H and O–H groups in total. The maximum Gasteiger partial charge on any atom is 0.349 e. The first-order chi connectivity index (χ1) is 17.8. The summed E-state index contributed by atoms with van der Waals surface area (Å²) in [6.45, 7) is 0. The van der Waals surface area contributed by atoms with E-state index in [4.69, 9.17) is 9.47 Å². The number of hydrogen-bond acceptors (Lipinski definition) is 8. The number of carbonyl (C=O) groups is 4. The first-order valence-electron chi connectivity index (χ1n) is 10.6. The molecule has 0 aliphatic carbocycles. The maximum atomic E-state index is 14.8. The molecule has 2 aromatic heterocycles. The van der Waals surface area contributed by atoms with Crippen molar-refractivity contribution in [3.63, 3.8) is 0 Å². The summed E-state index contributed by atoms with van der Waals surface area (Å²) in [5.41, 5.74) is 0.0691. The summed E-state index contributed by atoms with van der Waals surface area (Å²) >= 11 is 0.859. The number of thiophene rings is 1. The van der Waals surface area contributed by atoms with Crippen molar-refractivity contribution in [1.29, 1.82) is 0 Å². The number of halogens is 1. The van der Waals surface area contributed by atoms with Gasteiger partial charge in [0.25, 0.3) is 5.91 Å². The molecular weight excluding hydrogens is 505 g/mol. The monoisotopic (exact) mass is 525 g/mol. The van der Waals surface area contributed by atoms with E-state index < -0.39 is 29.7 Å². The summed E-state index contributed by atoms with van der Waals surface area (Å²) in [6, 6.07) is 10.2. The van der Waals surface area contributed by atoms with Gasteiger partial charge in [0.05, 0.1) is 43.8 Å². The Bertz CT molecular complexity index is 1540. The van der Waals surface area contributed by atoms with Crippen LogP contribution >= 0.6 is 11.3 Å². The molecule has 2 aromatic carbocycles. The van der Waals surface area contributed by atoms with Crippen molar-refractivity contribution < 1.29 is 37.8 Å². The number of nitrogens with zero attached hydrogens (tertiary/aromatic N) is 1. The smallest absolute Gasteiger partial charge is 0.349 e. The third-order valence-electron chi connectivity index (χ3n) is 5.39. The number of rotatable bonds is 6. The minimum absolute atomic E-state index is 0.000635. The number of urea groups is 1. The molecule has 0 bridgehead atoms. The minimum Gasteiger partial charge on any atom is -0.496 e. The highest BCUT2D eigenvalue weighted by Gasteiger charge is 2.27. The minimum atomic E-state index is -0.937. The van der Waals surface area contributed by atoms with Gasteiger partial charge >= 0.3 is 18.0 Å². The zero-order valence-corrected chi connectivity index (χ0v) is 20.6. The van der Waals surface area contributed by atoms with Crippen molar-refractivity contribution in [2.75, 3.05) is 32.0 Å². The predicted octanol–water partition coefficient (Wildman–Crippen LogP) is 4.76. The van der Waals surface area contributed by atoms with E-state index in [0.29, 0.717) is 5.52 Å². The lowest BCUT2D eigenvalue weighted by molar-refractivity contribution is 0.0561. The topological polar surface area (TPSA) is 125 Å². The molecule has 0 aliphatic heterocycles. The van der Waals surface area contributed by atoms with Gasteiger partial charge in [-0.05, 0) is 18.2 Å². The largest absolute Gasteiger partial charge is 0.496 e. The highest BCUT2D eigenvalue weighted by molar-refractivity contribution is 7.13. The number of nitrogens with one attached hydrogen (secondary N) is 2. The Labute approximate surface area is 213 Å². The Morgan fingerprint density at radius 2 is 1.62 bits per heavy atom. The normalized spacial score (nSPS) is 10.6. The van der Waals surface area contributed by atoms with E-state index in [1.165, 1.54) is 17.1 Å². The van der Waals surface area contributed by atoms with Crippen molar-refractivity contribution in [3.05, 3.63) is 75.9 Å². The van der Waals surface area contributed by atoms with Gasteiger partial charge < -0.3 is 24.8 Å². The summed E-state index contributed by atoms with van der Waals surface area (Å²) in [7, 11) is 3.55. The van der Waals surface area contributed by atoms with Crippen LogP contribution in [0.25, 0.3) is 10.9 Å². The average Bonchev–Trinajstić information content (AvgIpc) is 3.52. The molecule has 4 aromatic rings. The van der Waals surface area contributed by atoms with Crippen molar-refractivity contribution >= 4 is 57.5 Å². The van der Waals surface area contributed by atoms with E-state index in [0.717, 1.165) is 43.1 Å². The number of esters is 2. The number of carbonyl (C=O) groups excluding carboxylic acids is 4. The lowest BCUT2D eigenvalue weighted by Gasteiger charge is -2.14. The molecule has 2 amide bonds. The van der Waals surface area contributed by atoms with Crippen LogP contribution in [0.4, 0.5) is 20.6 Å². The highest BCUT2D eigenvalue weighted by Crippen LogP contribution is 2.31. The third-order valence-corrected chi connectivity index (χ3v) is 6.35. The molecule has 12 heteroatoms. The first-order valence-corrected chi connectivity index (χ1v) is 11.5. The van der Waals surface area contributed by atoms with Crippen molar-refractivity contribution in [2.24, 2.45) is 0 Å². The van der Waals surface area contributed by atoms with Crippen LogP contribution in [-0.2, 0) is 9.47 Å². The van der Waals surface area contributed by atoms with Gasteiger partial charge in [0, 0.05) is 23.0 Å². The fraction of sp³-hybridized carbons (Fsp3) is 0.120. The van der Waals surface area contributed by atoms with Crippen molar-refractivity contribution in [3.8, 4) is 5.75 Å².